The molecule has 1 aliphatic heterocycles. The smallest absolute Gasteiger partial charge is 0.253 e. The zero-order chi connectivity index (χ0) is 15.4. The first-order valence-electron chi connectivity index (χ1n) is 7.54. The van der Waals surface area contributed by atoms with Crippen LogP contribution in [0.1, 0.15) is 15.9 Å². The van der Waals surface area contributed by atoms with Gasteiger partial charge in [-0.25, -0.2) is 0 Å². The summed E-state index contributed by atoms with van der Waals surface area (Å²) in [5.74, 6) is 0.860. The van der Waals surface area contributed by atoms with Crippen LogP contribution in [-0.4, -0.2) is 37.6 Å². The summed E-state index contributed by atoms with van der Waals surface area (Å²) in [7, 11) is 1.81. The van der Waals surface area contributed by atoms with E-state index < -0.39 is 0 Å². The lowest BCUT2D eigenvalue weighted by Crippen LogP contribution is -2.30. The van der Waals surface area contributed by atoms with Crippen LogP contribution < -0.4 is 10.1 Å². The van der Waals surface area contributed by atoms with E-state index in [1.807, 2.05) is 55.6 Å². The summed E-state index contributed by atoms with van der Waals surface area (Å²) in [6.07, 6.45) is 0.983. The number of carbonyl (C=O) groups excluding carboxylic acids is 1. The van der Waals surface area contributed by atoms with Crippen molar-refractivity contribution in [1.82, 2.24) is 4.90 Å². The molecule has 0 aromatic heterocycles. The van der Waals surface area contributed by atoms with Crippen LogP contribution in [0.15, 0.2) is 48.5 Å². The van der Waals surface area contributed by atoms with Crippen LogP contribution in [0, 0.1) is 0 Å². The molecule has 122 valence electrons. The highest BCUT2D eigenvalue weighted by Crippen LogP contribution is 2.23. The van der Waals surface area contributed by atoms with Crippen LogP contribution in [0.4, 0.5) is 5.69 Å². The number of nitrogens with zero attached hydrogens (tertiary/aromatic N) is 1. The Labute approximate surface area is 142 Å². The fourth-order valence-corrected chi connectivity index (χ4v) is 2.58. The molecule has 5 heteroatoms. The van der Waals surface area contributed by atoms with Crippen molar-refractivity contribution < 1.29 is 9.53 Å². The molecule has 0 fully saturated rings. The molecule has 0 aliphatic carbocycles. The molecule has 3 rings (SSSR count). The lowest BCUT2D eigenvalue weighted by Gasteiger charge is -2.18. The number of nitrogens with one attached hydrogen (secondary N) is 1. The largest absolute Gasteiger partial charge is 0.492 e. The minimum Gasteiger partial charge on any atom is -0.492 e. The minimum atomic E-state index is 0. The van der Waals surface area contributed by atoms with Crippen molar-refractivity contribution in [2.24, 2.45) is 0 Å². The van der Waals surface area contributed by atoms with E-state index in [0.29, 0.717) is 13.2 Å². The number of benzene rings is 2. The maximum absolute atomic E-state index is 12.4. The maximum atomic E-state index is 12.4. The average Bonchev–Trinajstić information content (AvgIpc) is 3.02. The van der Waals surface area contributed by atoms with Gasteiger partial charge in [0.05, 0.1) is 6.54 Å². The van der Waals surface area contributed by atoms with Crippen molar-refractivity contribution in [1.29, 1.82) is 0 Å². The highest BCUT2D eigenvalue weighted by molar-refractivity contribution is 5.94. The van der Waals surface area contributed by atoms with Gasteiger partial charge in [0.1, 0.15) is 12.4 Å². The number of ether oxygens (including phenoxy) is 1. The fourth-order valence-electron chi connectivity index (χ4n) is 2.58. The third-order valence-electron chi connectivity index (χ3n) is 3.85. The molecule has 1 aliphatic rings. The summed E-state index contributed by atoms with van der Waals surface area (Å²) in [6.45, 7) is 2.00. The zero-order valence-corrected chi connectivity index (χ0v) is 13.9. The number of para-hydroxylation sites is 1. The number of halogens is 1. The van der Waals surface area contributed by atoms with Crippen molar-refractivity contribution in [3.05, 3.63) is 59.7 Å². The molecule has 1 amide bonds. The summed E-state index contributed by atoms with van der Waals surface area (Å²) in [5, 5.41) is 3.30. The molecule has 0 spiro atoms. The molecule has 0 saturated heterocycles. The van der Waals surface area contributed by atoms with E-state index in [4.69, 9.17) is 4.74 Å². The summed E-state index contributed by atoms with van der Waals surface area (Å²) in [5.41, 5.74) is 3.11. The summed E-state index contributed by atoms with van der Waals surface area (Å²) >= 11 is 0. The van der Waals surface area contributed by atoms with E-state index in [0.717, 1.165) is 30.0 Å². The molecule has 0 radical (unpaired) electrons. The van der Waals surface area contributed by atoms with Crippen molar-refractivity contribution in [2.45, 2.75) is 6.42 Å². The van der Waals surface area contributed by atoms with Crippen LogP contribution in [0.2, 0.25) is 0 Å². The standard InChI is InChI=1S/C18H20N2O2.ClH/c1-20(11-12-22-16-5-3-2-4-6-16)18(21)15-7-8-17-14(13-15)9-10-19-17;/h2-8,13,19H,9-12H2,1H3;1H. The molecule has 0 atom stereocenters. The fraction of sp³-hybridized carbons (Fsp3) is 0.278. The monoisotopic (exact) mass is 332 g/mol. The average molecular weight is 333 g/mol. The van der Waals surface area contributed by atoms with Crippen molar-refractivity contribution in [3.63, 3.8) is 0 Å². The number of amides is 1. The van der Waals surface area contributed by atoms with Gasteiger partial charge in [0.15, 0.2) is 0 Å². The number of hydrogen-bond acceptors (Lipinski definition) is 3. The molecule has 4 nitrogen and oxygen atoms in total. The predicted octanol–water partition coefficient (Wildman–Crippen LogP) is 3.23. The second-order valence-electron chi connectivity index (χ2n) is 5.44. The van der Waals surface area contributed by atoms with Gasteiger partial charge in [-0.05, 0) is 42.3 Å². The molecular weight excluding hydrogens is 312 g/mol. The predicted molar refractivity (Wildman–Crippen MR) is 94.8 cm³/mol. The Morgan fingerprint density at radius 2 is 2.00 bits per heavy atom. The Morgan fingerprint density at radius 3 is 2.78 bits per heavy atom. The normalized spacial score (nSPS) is 11.9. The number of anilines is 1. The number of rotatable bonds is 5. The van der Waals surface area contributed by atoms with Gasteiger partial charge in [-0.3, -0.25) is 4.79 Å². The van der Waals surface area contributed by atoms with Gasteiger partial charge in [-0.1, -0.05) is 18.2 Å². The van der Waals surface area contributed by atoms with Crippen molar-refractivity contribution in [2.75, 3.05) is 32.1 Å². The third kappa shape index (κ3) is 4.17. The van der Waals surface area contributed by atoms with Crippen LogP contribution in [0.5, 0.6) is 5.75 Å². The van der Waals surface area contributed by atoms with E-state index in [9.17, 15) is 4.79 Å². The molecule has 23 heavy (non-hydrogen) atoms. The topological polar surface area (TPSA) is 41.6 Å². The summed E-state index contributed by atoms with van der Waals surface area (Å²) in [6, 6.07) is 15.5. The second kappa shape index (κ2) is 7.88. The van der Waals surface area contributed by atoms with E-state index in [-0.39, 0.29) is 18.3 Å². The van der Waals surface area contributed by atoms with Gasteiger partial charge in [-0.2, -0.15) is 0 Å². The van der Waals surface area contributed by atoms with Gasteiger partial charge < -0.3 is 15.0 Å². The Bertz CT molecular complexity index is 661. The molecule has 0 bridgehead atoms. The van der Waals surface area contributed by atoms with Crippen LogP contribution in [0.25, 0.3) is 0 Å². The molecule has 0 unspecified atom stereocenters. The molecule has 1 N–H and O–H groups in total. The quantitative estimate of drug-likeness (QED) is 0.914. The lowest BCUT2D eigenvalue weighted by atomic mass is 10.1. The minimum absolute atomic E-state index is 0. The summed E-state index contributed by atoms with van der Waals surface area (Å²) in [4.78, 5) is 14.1. The Kier molecular flexibility index (Phi) is 5.88. The number of fused-ring (bicyclic) bond motifs is 1. The van der Waals surface area contributed by atoms with Crippen LogP contribution in [0.3, 0.4) is 0 Å². The first kappa shape index (κ1) is 17.2. The maximum Gasteiger partial charge on any atom is 0.253 e. The number of carbonyl (C=O) groups is 1. The van der Waals surface area contributed by atoms with Crippen molar-refractivity contribution in [3.8, 4) is 5.75 Å². The Hall–Kier alpha value is -2.20. The Morgan fingerprint density at radius 1 is 1.22 bits per heavy atom. The number of hydrogen-bond donors (Lipinski definition) is 1. The first-order valence-corrected chi connectivity index (χ1v) is 7.54. The summed E-state index contributed by atoms with van der Waals surface area (Å²) < 4.78 is 5.63. The van der Waals surface area contributed by atoms with Gasteiger partial charge in [0.25, 0.3) is 5.91 Å². The van der Waals surface area contributed by atoms with E-state index in [2.05, 4.69) is 5.32 Å². The molecule has 1 heterocycles. The van der Waals surface area contributed by atoms with Gasteiger partial charge in [0.2, 0.25) is 0 Å². The number of likely N-dealkylation sites (N-methyl/N-ethyl adjacent to an activating group) is 1. The van der Waals surface area contributed by atoms with Gasteiger partial charge in [-0.15, -0.1) is 12.4 Å². The van der Waals surface area contributed by atoms with Gasteiger partial charge >= 0.3 is 0 Å². The lowest BCUT2D eigenvalue weighted by molar-refractivity contribution is 0.0773. The molecular formula is C18H21ClN2O2. The van der Waals surface area contributed by atoms with Gasteiger partial charge in [0, 0.05) is 24.8 Å². The highest BCUT2D eigenvalue weighted by atomic mass is 35.5. The highest BCUT2D eigenvalue weighted by Gasteiger charge is 2.16. The van der Waals surface area contributed by atoms with E-state index in [1.54, 1.807) is 4.90 Å². The SMILES string of the molecule is CN(CCOc1ccccc1)C(=O)c1ccc2c(c1)CCN2.Cl. The molecule has 0 saturated carbocycles. The Balaban J connectivity index is 0.00000192. The van der Waals surface area contributed by atoms with E-state index >= 15 is 0 Å². The van der Waals surface area contributed by atoms with Crippen LogP contribution >= 0.6 is 12.4 Å². The molecule has 2 aromatic carbocycles. The van der Waals surface area contributed by atoms with E-state index in [1.165, 1.54) is 5.56 Å². The zero-order valence-electron chi connectivity index (χ0n) is 13.1. The molecule has 2 aromatic rings. The second-order valence-corrected chi connectivity index (χ2v) is 5.44. The van der Waals surface area contributed by atoms with Crippen LogP contribution in [-0.2, 0) is 6.42 Å². The van der Waals surface area contributed by atoms with Crippen molar-refractivity contribution >= 4 is 24.0 Å². The first-order chi connectivity index (χ1) is 10.7. The third-order valence-corrected chi connectivity index (χ3v) is 3.85.